The summed E-state index contributed by atoms with van der Waals surface area (Å²) in [7, 11) is 0. The standard InChI is InChI=1S/C15H20N4S2/c1-9-8-20-14(17-9)12-13(16)18-21-15(12)19-7-6-10-4-2-3-5-11(10)19/h8,10-11H,2-7H2,1H3,(H2,16,18). The van der Waals surface area contributed by atoms with Crippen LogP contribution in [0.25, 0.3) is 10.6 Å². The molecule has 112 valence electrons. The third-order valence-electron chi connectivity index (χ3n) is 4.80. The number of aryl methyl sites for hydroxylation is 1. The van der Waals surface area contributed by atoms with E-state index in [1.54, 1.807) is 22.9 Å². The lowest BCUT2D eigenvalue weighted by Gasteiger charge is -2.32. The third kappa shape index (κ3) is 2.25. The van der Waals surface area contributed by atoms with Crippen LogP contribution in [0.5, 0.6) is 0 Å². The van der Waals surface area contributed by atoms with E-state index >= 15 is 0 Å². The molecule has 2 atom stereocenters. The van der Waals surface area contributed by atoms with E-state index in [0.717, 1.165) is 28.7 Å². The minimum absolute atomic E-state index is 0.642. The quantitative estimate of drug-likeness (QED) is 0.911. The number of nitrogen functional groups attached to an aromatic ring is 1. The van der Waals surface area contributed by atoms with Gasteiger partial charge in [0.1, 0.15) is 15.8 Å². The summed E-state index contributed by atoms with van der Waals surface area (Å²) >= 11 is 3.22. The summed E-state index contributed by atoms with van der Waals surface area (Å²) in [6, 6.07) is 0.693. The molecular weight excluding hydrogens is 300 g/mol. The van der Waals surface area contributed by atoms with Crippen LogP contribution in [0, 0.1) is 12.8 Å². The summed E-state index contributed by atoms with van der Waals surface area (Å²) in [5.74, 6) is 1.51. The lowest BCUT2D eigenvalue weighted by atomic mass is 9.85. The molecule has 1 aliphatic carbocycles. The molecule has 3 heterocycles. The first-order valence-corrected chi connectivity index (χ1v) is 9.33. The van der Waals surface area contributed by atoms with Crippen LogP contribution in [-0.2, 0) is 0 Å². The van der Waals surface area contributed by atoms with Crippen molar-refractivity contribution in [3.05, 3.63) is 11.1 Å². The molecule has 1 aliphatic heterocycles. The van der Waals surface area contributed by atoms with Gasteiger partial charge in [0.25, 0.3) is 0 Å². The molecule has 2 aromatic rings. The smallest absolute Gasteiger partial charge is 0.149 e. The molecule has 0 bridgehead atoms. The molecule has 1 saturated heterocycles. The first kappa shape index (κ1) is 13.5. The van der Waals surface area contributed by atoms with Gasteiger partial charge in [-0.2, -0.15) is 4.37 Å². The highest BCUT2D eigenvalue weighted by atomic mass is 32.1. The van der Waals surface area contributed by atoms with Gasteiger partial charge >= 0.3 is 0 Å². The van der Waals surface area contributed by atoms with E-state index in [-0.39, 0.29) is 0 Å². The Morgan fingerprint density at radius 3 is 2.95 bits per heavy atom. The third-order valence-corrected chi connectivity index (χ3v) is 6.68. The Morgan fingerprint density at radius 1 is 1.29 bits per heavy atom. The fraction of sp³-hybridized carbons (Fsp3) is 0.600. The molecule has 2 unspecified atom stereocenters. The van der Waals surface area contributed by atoms with Crippen LogP contribution in [-0.4, -0.2) is 21.9 Å². The van der Waals surface area contributed by atoms with Crippen LogP contribution < -0.4 is 10.6 Å². The van der Waals surface area contributed by atoms with Crippen molar-refractivity contribution in [2.24, 2.45) is 5.92 Å². The largest absolute Gasteiger partial charge is 0.382 e. The lowest BCUT2D eigenvalue weighted by Crippen LogP contribution is -2.34. The Labute approximate surface area is 133 Å². The second-order valence-electron chi connectivity index (χ2n) is 6.14. The van der Waals surface area contributed by atoms with Crippen molar-refractivity contribution in [1.82, 2.24) is 9.36 Å². The normalized spacial score (nSPS) is 25.3. The number of hydrogen-bond donors (Lipinski definition) is 1. The Hall–Kier alpha value is -1.14. The fourth-order valence-electron chi connectivity index (χ4n) is 3.82. The molecule has 6 heteroatoms. The topological polar surface area (TPSA) is 55.0 Å². The number of nitrogens with two attached hydrogens (primary N) is 1. The summed E-state index contributed by atoms with van der Waals surface area (Å²) in [6.45, 7) is 3.18. The molecule has 0 spiro atoms. The van der Waals surface area contributed by atoms with Gasteiger partial charge in [0, 0.05) is 23.7 Å². The van der Waals surface area contributed by atoms with E-state index in [4.69, 9.17) is 5.73 Å². The van der Waals surface area contributed by atoms with E-state index in [9.17, 15) is 0 Å². The SMILES string of the molecule is Cc1csc(-c2c(N)nsc2N2CCC3CCCCC32)n1. The summed E-state index contributed by atoms with van der Waals surface area (Å²) in [5.41, 5.74) is 8.29. The van der Waals surface area contributed by atoms with Gasteiger partial charge in [0.2, 0.25) is 0 Å². The predicted molar refractivity (Wildman–Crippen MR) is 90.1 cm³/mol. The van der Waals surface area contributed by atoms with Crippen LogP contribution in [0.4, 0.5) is 10.8 Å². The lowest BCUT2D eigenvalue weighted by molar-refractivity contribution is 0.342. The summed E-state index contributed by atoms with van der Waals surface area (Å²) in [6.07, 6.45) is 6.79. The first-order chi connectivity index (χ1) is 10.2. The highest BCUT2D eigenvalue weighted by Gasteiger charge is 2.38. The van der Waals surface area contributed by atoms with E-state index in [2.05, 4.69) is 19.6 Å². The van der Waals surface area contributed by atoms with Gasteiger partial charge in [0.05, 0.1) is 5.56 Å². The average Bonchev–Trinajstić information content (AvgIpc) is 3.17. The fourth-order valence-corrected chi connectivity index (χ4v) is 5.63. The second-order valence-corrected chi connectivity index (χ2v) is 7.75. The minimum atomic E-state index is 0.642. The van der Waals surface area contributed by atoms with E-state index in [0.29, 0.717) is 11.9 Å². The zero-order chi connectivity index (χ0) is 14.4. The Balaban J connectivity index is 1.73. The van der Waals surface area contributed by atoms with Crippen molar-refractivity contribution < 1.29 is 0 Å². The highest BCUT2D eigenvalue weighted by Crippen LogP contribution is 2.46. The summed E-state index contributed by atoms with van der Waals surface area (Å²) in [5, 5.41) is 4.35. The molecule has 0 radical (unpaired) electrons. The van der Waals surface area contributed by atoms with E-state index in [1.807, 2.05) is 6.92 Å². The molecule has 0 aromatic carbocycles. The molecule has 2 N–H and O–H groups in total. The molecule has 2 aromatic heterocycles. The highest BCUT2D eigenvalue weighted by molar-refractivity contribution is 7.15. The maximum atomic E-state index is 6.16. The monoisotopic (exact) mass is 320 g/mol. The van der Waals surface area contributed by atoms with Crippen molar-refractivity contribution in [3.8, 4) is 10.6 Å². The van der Waals surface area contributed by atoms with Crippen LogP contribution in [0.3, 0.4) is 0 Å². The molecule has 1 saturated carbocycles. The summed E-state index contributed by atoms with van der Waals surface area (Å²) in [4.78, 5) is 7.20. The zero-order valence-corrected chi connectivity index (χ0v) is 13.8. The molecule has 2 fully saturated rings. The van der Waals surface area contributed by atoms with Crippen LogP contribution in [0.1, 0.15) is 37.8 Å². The number of nitrogens with zero attached hydrogens (tertiary/aromatic N) is 3. The molecular formula is C15H20N4S2. The number of aromatic nitrogens is 2. The first-order valence-electron chi connectivity index (χ1n) is 7.68. The molecule has 4 nitrogen and oxygen atoms in total. The zero-order valence-electron chi connectivity index (χ0n) is 12.2. The summed E-state index contributed by atoms with van der Waals surface area (Å²) < 4.78 is 4.43. The Morgan fingerprint density at radius 2 is 2.14 bits per heavy atom. The van der Waals surface area contributed by atoms with Gasteiger partial charge in [-0.25, -0.2) is 4.98 Å². The van der Waals surface area contributed by atoms with Gasteiger partial charge in [-0.15, -0.1) is 11.3 Å². The van der Waals surface area contributed by atoms with Gasteiger partial charge in [-0.1, -0.05) is 12.8 Å². The van der Waals surface area contributed by atoms with Crippen LogP contribution in [0.2, 0.25) is 0 Å². The number of thiazole rings is 1. The molecule has 4 rings (SSSR count). The van der Waals surface area contributed by atoms with E-state index in [1.165, 1.54) is 37.1 Å². The van der Waals surface area contributed by atoms with Crippen molar-refractivity contribution in [1.29, 1.82) is 0 Å². The number of anilines is 2. The number of fused-ring (bicyclic) bond motifs is 1. The molecule has 2 aliphatic rings. The predicted octanol–water partition coefficient (Wildman–Crippen LogP) is 3.93. The van der Waals surface area contributed by atoms with Crippen molar-refractivity contribution in [2.75, 3.05) is 17.2 Å². The average molecular weight is 320 g/mol. The molecule has 0 amide bonds. The minimum Gasteiger partial charge on any atom is -0.382 e. The molecule has 21 heavy (non-hydrogen) atoms. The van der Waals surface area contributed by atoms with Gasteiger partial charge in [-0.3, -0.25) is 0 Å². The van der Waals surface area contributed by atoms with Gasteiger partial charge in [-0.05, 0) is 43.6 Å². The number of hydrogen-bond acceptors (Lipinski definition) is 6. The number of rotatable bonds is 2. The second kappa shape index (κ2) is 5.25. The van der Waals surface area contributed by atoms with Gasteiger partial charge < -0.3 is 10.6 Å². The van der Waals surface area contributed by atoms with Crippen LogP contribution >= 0.6 is 22.9 Å². The van der Waals surface area contributed by atoms with Gasteiger partial charge in [0.15, 0.2) is 0 Å². The van der Waals surface area contributed by atoms with Crippen molar-refractivity contribution in [2.45, 2.75) is 45.1 Å². The maximum Gasteiger partial charge on any atom is 0.149 e. The maximum absolute atomic E-state index is 6.16. The van der Waals surface area contributed by atoms with Crippen LogP contribution in [0.15, 0.2) is 5.38 Å². The van der Waals surface area contributed by atoms with Crippen molar-refractivity contribution >= 4 is 33.7 Å². The van der Waals surface area contributed by atoms with E-state index < -0.39 is 0 Å². The van der Waals surface area contributed by atoms with Crippen molar-refractivity contribution in [3.63, 3.8) is 0 Å². The Bertz CT molecular complexity index is 648. The Kier molecular flexibility index (Phi) is 3.38.